The van der Waals surface area contributed by atoms with Crippen molar-refractivity contribution in [1.82, 2.24) is 0 Å². The van der Waals surface area contributed by atoms with Crippen LogP contribution in [0.1, 0.15) is 31.7 Å². The molecule has 1 aromatic rings. The van der Waals surface area contributed by atoms with Crippen molar-refractivity contribution >= 4 is 0 Å². The fourth-order valence-electron chi connectivity index (χ4n) is 1.90. The monoisotopic (exact) mass is 192 g/mol. The Labute approximate surface area is 84.5 Å². The number of phenolic OH excluding ortho intramolecular Hbond substituents is 1. The highest BCUT2D eigenvalue weighted by atomic mass is 16.5. The van der Waals surface area contributed by atoms with E-state index in [1.807, 2.05) is 6.07 Å². The molecule has 1 aromatic carbocycles. The van der Waals surface area contributed by atoms with E-state index in [0.29, 0.717) is 11.9 Å². The Kier molecular flexibility index (Phi) is 2.62. The number of phenols is 1. The molecule has 2 heteroatoms. The van der Waals surface area contributed by atoms with Crippen molar-refractivity contribution in [3.05, 3.63) is 23.8 Å². The minimum atomic E-state index is 0.326. The van der Waals surface area contributed by atoms with E-state index in [4.69, 9.17) is 4.74 Å². The van der Waals surface area contributed by atoms with Crippen molar-refractivity contribution in [2.24, 2.45) is 0 Å². The van der Waals surface area contributed by atoms with Gasteiger partial charge in [-0.05, 0) is 24.6 Å². The molecule has 0 aliphatic carbocycles. The molecule has 2 rings (SSSR count). The number of fused-ring (bicyclic) bond motifs is 1. The lowest BCUT2D eigenvalue weighted by Crippen LogP contribution is -2.11. The lowest BCUT2D eigenvalue weighted by atomic mass is 10.1. The van der Waals surface area contributed by atoms with E-state index in [2.05, 4.69) is 6.92 Å². The van der Waals surface area contributed by atoms with Gasteiger partial charge in [0.2, 0.25) is 0 Å². The van der Waals surface area contributed by atoms with Gasteiger partial charge in [-0.3, -0.25) is 0 Å². The van der Waals surface area contributed by atoms with Crippen molar-refractivity contribution in [3.8, 4) is 11.5 Å². The third-order valence-corrected chi connectivity index (χ3v) is 2.66. The Hall–Kier alpha value is -1.18. The molecular weight excluding hydrogens is 176 g/mol. The average molecular weight is 192 g/mol. The van der Waals surface area contributed by atoms with Gasteiger partial charge in [0.25, 0.3) is 0 Å². The number of rotatable bonds is 3. The molecule has 76 valence electrons. The second kappa shape index (κ2) is 3.91. The molecule has 0 bridgehead atoms. The Morgan fingerprint density at radius 3 is 3.14 bits per heavy atom. The highest BCUT2D eigenvalue weighted by Gasteiger charge is 2.22. The van der Waals surface area contributed by atoms with Gasteiger partial charge in [0, 0.05) is 12.0 Å². The summed E-state index contributed by atoms with van der Waals surface area (Å²) in [7, 11) is 0. The third kappa shape index (κ3) is 1.84. The molecule has 0 spiro atoms. The quantitative estimate of drug-likeness (QED) is 0.798. The van der Waals surface area contributed by atoms with Gasteiger partial charge >= 0.3 is 0 Å². The summed E-state index contributed by atoms with van der Waals surface area (Å²) < 4.78 is 5.75. The maximum Gasteiger partial charge on any atom is 0.123 e. The predicted molar refractivity (Wildman–Crippen MR) is 55.8 cm³/mol. The van der Waals surface area contributed by atoms with Crippen molar-refractivity contribution in [1.29, 1.82) is 0 Å². The number of ether oxygens (including phenoxy) is 1. The molecule has 1 heterocycles. The second-order valence-electron chi connectivity index (χ2n) is 3.88. The van der Waals surface area contributed by atoms with Gasteiger partial charge in [-0.2, -0.15) is 0 Å². The van der Waals surface area contributed by atoms with Crippen LogP contribution in [-0.4, -0.2) is 11.2 Å². The first-order chi connectivity index (χ1) is 6.79. The van der Waals surface area contributed by atoms with E-state index >= 15 is 0 Å². The zero-order chi connectivity index (χ0) is 9.97. The first kappa shape index (κ1) is 9.38. The van der Waals surface area contributed by atoms with E-state index < -0.39 is 0 Å². The summed E-state index contributed by atoms with van der Waals surface area (Å²) >= 11 is 0. The second-order valence-corrected chi connectivity index (χ2v) is 3.88. The maximum atomic E-state index is 9.30. The SMILES string of the molecule is CCCCC1Cc2cc(O)ccc2O1. The molecule has 1 unspecified atom stereocenters. The molecule has 0 aromatic heterocycles. The molecule has 14 heavy (non-hydrogen) atoms. The van der Waals surface area contributed by atoms with E-state index in [1.54, 1.807) is 12.1 Å². The van der Waals surface area contributed by atoms with Gasteiger partial charge in [-0.1, -0.05) is 19.8 Å². The van der Waals surface area contributed by atoms with Crippen LogP contribution in [0.5, 0.6) is 11.5 Å². The van der Waals surface area contributed by atoms with Crippen molar-refractivity contribution in [3.63, 3.8) is 0 Å². The molecule has 0 saturated carbocycles. The van der Waals surface area contributed by atoms with Crippen LogP contribution in [0.25, 0.3) is 0 Å². The Morgan fingerprint density at radius 1 is 1.50 bits per heavy atom. The normalized spacial score (nSPS) is 19.1. The van der Waals surface area contributed by atoms with Crippen LogP contribution in [-0.2, 0) is 6.42 Å². The van der Waals surface area contributed by atoms with Crippen molar-refractivity contribution < 1.29 is 9.84 Å². The van der Waals surface area contributed by atoms with Crippen LogP contribution >= 0.6 is 0 Å². The molecule has 0 amide bonds. The molecule has 1 aliphatic rings. The van der Waals surface area contributed by atoms with Gasteiger partial charge in [0.1, 0.15) is 17.6 Å². The number of hydrogen-bond donors (Lipinski definition) is 1. The summed E-state index contributed by atoms with van der Waals surface area (Å²) in [5, 5.41) is 9.30. The van der Waals surface area contributed by atoms with Gasteiger partial charge in [-0.25, -0.2) is 0 Å². The predicted octanol–water partition coefficient (Wildman–Crippen LogP) is 2.89. The minimum Gasteiger partial charge on any atom is -0.508 e. The lowest BCUT2D eigenvalue weighted by Gasteiger charge is -2.08. The standard InChI is InChI=1S/C12H16O2/c1-2-3-4-11-8-9-7-10(13)5-6-12(9)14-11/h5-7,11,13H,2-4,8H2,1H3. The number of aromatic hydroxyl groups is 1. The smallest absolute Gasteiger partial charge is 0.123 e. The Bertz CT molecular complexity index is 320. The number of benzene rings is 1. The topological polar surface area (TPSA) is 29.5 Å². The van der Waals surface area contributed by atoms with E-state index in [1.165, 1.54) is 12.8 Å². The largest absolute Gasteiger partial charge is 0.508 e. The Morgan fingerprint density at radius 2 is 2.36 bits per heavy atom. The van der Waals surface area contributed by atoms with Crippen LogP contribution in [0.3, 0.4) is 0 Å². The zero-order valence-electron chi connectivity index (χ0n) is 8.49. The van der Waals surface area contributed by atoms with Crippen LogP contribution in [0.2, 0.25) is 0 Å². The summed E-state index contributed by atoms with van der Waals surface area (Å²) in [5.74, 6) is 1.28. The number of hydrogen-bond acceptors (Lipinski definition) is 2. The van der Waals surface area contributed by atoms with E-state index in [-0.39, 0.29) is 0 Å². The number of unbranched alkanes of at least 4 members (excludes halogenated alkanes) is 1. The van der Waals surface area contributed by atoms with Crippen LogP contribution in [0.15, 0.2) is 18.2 Å². The van der Waals surface area contributed by atoms with E-state index in [9.17, 15) is 5.11 Å². The van der Waals surface area contributed by atoms with Crippen LogP contribution in [0.4, 0.5) is 0 Å². The molecule has 0 fully saturated rings. The summed E-state index contributed by atoms with van der Waals surface area (Å²) in [6.07, 6.45) is 4.81. The molecule has 2 nitrogen and oxygen atoms in total. The van der Waals surface area contributed by atoms with Crippen LogP contribution < -0.4 is 4.74 Å². The molecule has 1 aliphatic heterocycles. The minimum absolute atomic E-state index is 0.326. The summed E-state index contributed by atoms with van der Waals surface area (Å²) in [5.41, 5.74) is 1.14. The third-order valence-electron chi connectivity index (χ3n) is 2.66. The average Bonchev–Trinajstić information content (AvgIpc) is 2.56. The van der Waals surface area contributed by atoms with Gasteiger partial charge in [0.15, 0.2) is 0 Å². The summed E-state index contributed by atoms with van der Waals surface area (Å²) in [6.45, 7) is 2.19. The summed E-state index contributed by atoms with van der Waals surface area (Å²) in [6, 6.07) is 5.35. The van der Waals surface area contributed by atoms with Gasteiger partial charge < -0.3 is 9.84 Å². The van der Waals surface area contributed by atoms with E-state index in [0.717, 1.165) is 24.2 Å². The first-order valence-corrected chi connectivity index (χ1v) is 5.28. The van der Waals surface area contributed by atoms with Gasteiger partial charge in [0.05, 0.1) is 0 Å². The lowest BCUT2D eigenvalue weighted by molar-refractivity contribution is 0.217. The molecule has 0 radical (unpaired) electrons. The first-order valence-electron chi connectivity index (χ1n) is 5.28. The molecule has 1 N–H and O–H groups in total. The molecular formula is C12H16O2. The Balaban J connectivity index is 2.03. The maximum absolute atomic E-state index is 9.30. The zero-order valence-corrected chi connectivity index (χ0v) is 8.49. The van der Waals surface area contributed by atoms with Gasteiger partial charge in [-0.15, -0.1) is 0 Å². The fraction of sp³-hybridized carbons (Fsp3) is 0.500. The van der Waals surface area contributed by atoms with Crippen molar-refractivity contribution in [2.75, 3.05) is 0 Å². The highest BCUT2D eigenvalue weighted by molar-refractivity contribution is 5.42. The highest BCUT2D eigenvalue weighted by Crippen LogP contribution is 2.32. The molecule has 0 saturated heterocycles. The fourth-order valence-corrected chi connectivity index (χ4v) is 1.90. The summed E-state index contributed by atoms with van der Waals surface area (Å²) in [4.78, 5) is 0. The van der Waals surface area contributed by atoms with Crippen LogP contribution in [0, 0.1) is 0 Å². The van der Waals surface area contributed by atoms with Crippen molar-refractivity contribution in [2.45, 2.75) is 38.7 Å². The molecule has 1 atom stereocenters.